The number of nitrogens with zero attached hydrogens (tertiary/aromatic N) is 2. The van der Waals surface area contributed by atoms with E-state index in [2.05, 4.69) is 35.4 Å². The van der Waals surface area contributed by atoms with Gasteiger partial charge in [0.15, 0.2) is 4.34 Å². The van der Waals surface area contributed by atoms with Crippen LogP contribution in [0.25, 0.3) is 0 Å². The molecule has 1 aromatic rings. The molecule has 21 heavy (non-hydrogen) atoms. The lowest BCUT2D eigenvalue weighted by molar-refractivity contribution is 0.113. The Kier molecular flexibility index (Phi) is 6.47. The molecule has 0 amide bonds. The molecule has 4 nitrogen and oxygen atoms in total. The molecule has 0 saturated heterocycles. The van der Waals surface area contributed by atoms with E-state index >= 15 is 0 Å². The first-order valence-corrected chi connectivity index (χ1v) is 9.69. The molecule has 1 fully saturated rings. The van der Waals surface area contributed by atoms with Crippen LogP contribution < -0.4 is 5.32 Å². The fraction of sp³-hybridized carbons (Fsp3) is 0.867. The Hall–Kier alpha value is -0.170. The molecular formula is C15H27N3OS2. The molecule has 2 N–H and O–H groups in total. The van der Waals surface area contributed by atoms with Crippen molar-refractivity contribution in [1.29, 1.82) is 0 Å². The van der Waals surface area contributed by atoms with Gasteiger partial charge < -0.3 is 10.4 Å². The molecule has 6 heteroatoms. The minimum absolute atomic E-state index is 0.0650. The topological polar surface area (TPSA) is 58.0 Å². The van der Waals surface area contributed by atoms with Crippen LogP contribution in [0.2, 0.25) is 0 Å². The molecule has 2 atom stereocenters. The first kappa shape index (κ1) is 17.2. The molecule has 1 saturated carbocycles. The van der Waals surface area contributed by atoms with Gasteiger partial charge in [0.25, 0.3) is 0 Å². The second kappa shape index (κ2) is 7.90. The van der Waals surface area contributed by atoms with Crippen molar-refractivity contribution in [2.45, 2.75) is 68.8 Å². The van der Waals surface area contributed by atoms with Crippen molar-refractivity contribution in [2.75, 3.05) is 12.4 Å². The van der Waals surface area contributed by atoms with Crippen LogP contribution in [-0.4, -0.2) is 38.4 Å². The summed E-state index contributed by atoms with van der Waals surface area (Å²) >= 11 is 3.32. The molecule has 120 valence electrons. The van der Waals surface area contributed by atoms with Crippen LogP contribution in [-0.2, 0) is 6.42 Å². The maximum absolute atomic E-state index is 9.90. The van der Waals surface area contributed by atoms with Crippen LogP contribution in [0, 0.1) is 5.92 Å². The summed E-state index contributed by atoms with van der Waals surface area (Å²) in [6.07, 6.45) is 5.57. The summed E-state index contributed by atoms with van der Waals surface area (Å²) in [7, 11) is 0. The van der Waals surface area contributed by atoms with Crippen molar-refractivity contribution < 1.29 is 5.11 Å². The normalized spacial score (nSPS) is 25.9. The van der Waals surface area contributed by atoms with Gasteiger partial charge in [-0.1, -0.05) is 39.0 Å². The Balaban J connectivity index is 1.86. The number of aliphatic hydroxyl groups is 1. The van der Waals surface area contributed by atoms with Gasteiger partial charge in [-0.25, -0.2) is 4.98 Å². The number of hydrogen-bond acceptors (Lipinski definition) is 6. The third kappa shape index (κ3) is 4.41. The van der Waals surface area contributed by atoms with E-state index in [9.17, 15) is 5.11 Å². The maximum atomic E-state index is 9.90. The summed E-state index contributed by atoms with van der Waals surface area (Å²) < 4.78 is 5.41. The zero-order valence-corrected chi connectivity index (χ0v) is 14.9. The molecule has 0 aliphatic heterocycles. The largest absolute Gasteiger partial charge is 0.394 e. The standard InChI is InChI=1S/C15H27N3OS2/c1-4-13-16-14(21-18-13)20-9-7-12-6-5-8-15(12,10-19)17-11(2)3/h11-12,17,19H,4-10H2,1-3H3. The summed E-state index contributed by atoms with van der Waals surface area (Å²) in [4.78, 5) is 4.50. The fourth-order valence-corrected chi connectivity index (χ4v) is 5.13. The van der Waals surface area contributed by atoms with Gasteiger partial charge >= 0.3 is 0 Å². The van der Waals surface area contributed by atoms with Crippen LogP contribution in [0.15, 0.2) is 4.34 Å². The van der Waals surface area contributed by atoms with Crippen molar-refractivity contribution in [2.24, 2.45) is 5.92 Å². The maximum Gasteiger partial charge on any atom is 0.170 e. The Morgan fingerprint density at radius 3 is 2.95 bits per heavy atom. The number of aromatic nitrogens is 2. The number of nitrogens with one attached hydrogen (secondary N) is 1. The van der Waals surface area contributed by atoms with E-state index in [0.29, 0.717) is 12.0 Å². The molecular weight excluding hydrogens is 302 g/mol. The van der Waals surface area contributed by atoms with Crippen LogP contribution in [0.5, 0.6) is 0 Å². The summed E-state index contributed by atoms with van der Waals surface area (Å²) in [5, 5.41) is 13.5. The number of rotatable bonds is 8. The molecule has 2 rings (SSSR count). The molecule has 0 aromatic carbocycles. The molecule has 0 bridgehead atoms. The third-order valence-electron chi connectivity index (χ3n) is 4.27. The van der Waals surface area contributed by atoms with Crippen molar-refractivity contribution >= 4 is 23.3 Å². The molecule has 0 spiro atoms. The number of aryl methyl sites for hydroxylation is 1. The monoisotopic (exact) mass is 329 g/mol. The Morgan fingerprint density at radius 1 is 1.52 bits per heavy atom. The van der Waals surface area contributed by atoms with E-state index in [1.807, 2.05) is 11.8 Å². The predicted octanol–water partition coefficient (Wildman–Crippen LogP) is 3.11. The molecule has 1 aliphatic carbocycles. The predicted molar refractivity (Wildman–Crippen MR) is 90.1 cm³/mol. The van der Waals surface area contributed by atoms with E-state index in [1.54, 1.807) is 0 Å². The molecule has 1 aromatic heterocycles. The van der Waals surface area contributed by atoms with E-state index in [-0.39, 0.29) is 12.1 Å². The number of hydrogen-bond donors (Lipinski definition) is 2. The van der Waals surface area contributed by atoms with Crippen LogP contribution in [0.1, 0.15) is 52.3 Å². The second-order valence-corrected chi connectivity index (χ2v) is 8.26. The highest BCUT2D eigenvalue weighted by atomic mass is 32.2. The quantitative estimate of drug-likeness (QED) is 0.718. The second-order valence-electron chi connectivity index (χ2n) is 6.17. The highest BCUT2D eigenvalue weighted by molar-refractivity contribution is 8.00. The van der Waals surface area contributed by atoms with Crippen LogP contribution in [0.3, 0.4) is 0 Å². The lowest BCUT2D eigenvalue weighted by Gasteiger charge is -2.37. The van der Waals surface area contributed by atoms with Crippen molar-refractivity contribution in [3.8, 4) is 0 Å². The van der Waals surface area contributed by atoms with E-state index in [0.717, 1.165) is 35.2 Å². The highest BCUT2D eigenvalue weighted by Gasteiger charge is 2.42. The minimum Gasteiger partial charge on any atom is -0.394 e. The highest BCUT2D eigenvalue weighted by Crippen LogP contribution is 2.39. The van der Waals surface area contributed by atoms with Crippen molar-refractivity contribution in [3.05, 3.63) is 5.82 Å². The van der Waals surface area contributed by atoms with Gasteiger partial charge in [0.1, 0.15) is 5.82 Å². The van der Waals surface area contributed by atoms with Gasteiger partial charge in [0, 0.05) is 23.8 Å². The smallest absolute Gasteiger partial charge is 0.170 e. The van der Waals surface area contributed by atoms with E-state index in [4.69, 9.17) is 0 Å². The van der Waals surface area contributed by atoms with E-state index in [1.165, 1.54) is 24.4 Å². The Bertz CT molecular complexity index is 438. The SMILES string of the molecule is CCc1nsc(SCCC2CCCC2(CO)NC(C)C)n1. The minimum atomic E-state index is -0.0650. The average Bonchev–Trinajstić information content (AvgIpc) is 3.06. The van der Waals surface area contributed by atoms with Crippen LogP contribution >= 0.6 is 23.3 Å². The first-order chi connectivity index (χ1) is 10.1. The summed E-state index contributed by atoms with van der Waals surface area (Å²) in [5.74, 6) is 2.58. The third-order valence-corrected chi connectivity index (χ3v) is 6.18. The lowest BCUT2D eigenvalue weighted by atomic mass is 9.85. The van der Waals surface area contributed by atoms with Crippen LogP contribution in [0.4, 0.5) is 0 Å². The summed E-state index contributed by atoms with van der Waals surface area (Å²) in [6.45, 7) is 6.66. The zero-order chi connectivity index (χ0) is 15.3. The van der Waals surface area contributed by atoms with Gasteiger partial charge in [-0.15, -0.1) is 0 Å². The number of aliphatic hydroxyl groups excluding tert-OH is 1. The average molecular weight is 330 g/mol. The molecule has 1 aliphatic rings. The molecule has 2 unspecified atom stereocenters. The summed E-state index contributed by atoms with van der Waals surface area (Å²) in [5.41, 5.74) is -0.0650. The fourth-order valence-electron chi connectivity index (χ4n) is 3.31. The lowest BCUT2D eigenvalue weighted by Crippen LogP contribution is -2.54. The van der Waals surface area contributed by atoms with E-state index < -0.39 is 0 Å². The van der Waals surface area contributed by atoms with Gasteiger partial charge in [-0.05, 0) is 36.7 Å². The number of thioether (sulfide) groups is 1. The van der Waals surface area contributed by atoms with Gasteiger partial charge in [0.05, 0.1) is 6.61 Å². The van der Waals surface area contributed by atoms with Gasteiger partial charge in [-0.3, -0.25) is 0 Å². The molecule has 1 heterocycles. The summed E-state index contributed by atoms with van der Waals surface area (Å²) in [6, 6.07) is 0.417. The van der Waals surface area contributed by atoms with Gasteiger partial charge in [-0.2, -0.15) is 4.37 Å². The zero-order valence-electron chi connectivity index (χ0n) is 13.3. The Morgan fingerprint density at radius 2 is 2.33 bits per heavy atom. The first-order valence-electron chi connectivity index (χ1n) is 7.93. The van der Waals surface area contributed by atoms with Gasteiger partial charge in [0.2, 0.25) is 0 Å². The van der Waals surface area contributed by atoms with Crippen molar-refractivity contribution in [3.63, 3.8) is 0 Å². The molecule has 0 radical (unpaired) electrons. The Labute approximate surface area is 136 Å². The van der Waals surface area contributed by atoms with Crippen molar-refractivity contribution in [1.82, 2.24) is 14.7 Å².